The van der Waals surface area contributed by atoms with Gasteiger partial charge in [0, 0.05) is 12.6 Å². The molecule has 1 atom stereocenters. The van der Waals surface area contributed by atoms with E-state index in [1.807, 2.05) is 13.8 Å². The highest BCUT2D eigenvalue weighted by Gasteiger charge is 2.15. The summed E-state index contributed by atoms with van der Waals surface area (Å²) in [5.74, 6) is 0. The number of aliphatic hydroxyl groups is 1. The van der Waals surface area contributed by atoms with Crippen LogP contribution in [-0.2, 0) is 0 Å². The van der Waals surface area contributed by atoms with Crippen LogP contribution < -0.4 is 5.32 Å². The van der Waals surface area contributed by atoms with E-state index in [2.05, 4.69) is 54.7 Å². The van der Waals surface area contributed by atoms with Crippen molar-refractivity contribution in [1.82, 2.24) is 5.32 Å². The molecule has 0 fully saturated rings. The number of benzene rings is 2. The molecular weight excluding hydrogens is 222 g/mol. The van der Waals surface area contributed by atoms with Crippen LogP contribution in [0.3, 0.4) is 0 Å². The van der Waals surface area contributed by atoms with Gasteiger partial charge in [-0.25, -0.2) is 0 Å². The van der Waals surface area contributed by atoms with Crippen LogP contribution in [0.2, 0.25) is 0 Å². The van der Waals surface area contributed by atoms with Crippen molar-refractivity contribution in [2.75, 3.05) is 6.54 Å². The Bertz CT molecular complexity index is 523. The fourth-order valence-corrected chi connectivity index (χ4v) is 2.14. The molecule has 96 valence electrons. The summed E-state index contributed by atoms with van der Waals surface area (Å²) >= 11 is 0. The highest BCUT2D eigenvalue weighted by Crippen LogP contribution is 2.24. The van der Waals surface area contributed by atoms with E-state index < -0.39 is 5.60 Å². The summed E-state index contributed by atoms with van der Waals surface area (Å²) in [6, 6.07) is 15.0. The standard InChI is InChI=1S/C16H21NO/c1-12(17-11-16(2,3)18)14-10-6-8-13-7-4-5-9-15(13)14/h4-10,12,17-18H,11H2,1-3H3. The molecule has 2 aromatic carbocycles. The highest BCUT2D eigenvalue weighted by molar-refractivity contribution is 5.86. The van der Waals surface area contributed by atoms with Crippen molar-refractivity contribution in [2.45, 2.75) is 32.4 Å². The molecule has 0 aromatic heterocycles. The summed E-state index contributed by atoms with van der Waals surface area (Å²) < 4.78 is 0. The van der Waals surface area contributed by atoms with Crippen LogP contribution in [0.1, 0.15) is 32.4 Å². The molecule has 0 spiro atoms. The van der Waals surface area contributed by atoms with Gasteiger partial charge in [-0.3, -0.25) is 0 Å². The molecule has 0 radical (unpaired) electrons. The van der Waals surface area contributed by atoms with Crippen molar-refractivity contribution in [3.05, 3.63) is 48.0 Å². The summed E-state index contributed by atoms with van der Waals surface area (Å²) in [4.78, 5) is 0. The molecule has 0 bridgehead atoms. The van der Waals surface area contributed by atoms with Gasteiger partial charge in [0.2, 0.25) is 0 Å². The summed E-state index contributed by atoms with van der Waals surface area (Å²) in [5, 5.41) is 15.7. The Morgan fingerprint density at radius 3 is 2.50 bits per heavy atom. The van der Waals surface area contributed by atoms with Gasteiger partial charge < -0.3 is 10.4 Å². The van der Waals surface area contributed by atoms with Crippen molar-refractivity contribution < 1.29 is 5.11 Å². The maximum Gasteiger partial charge on any atom is 0.0715 e. The monoisotopic (exact) mass is 243 g/mol. The fourth-order valence-electron chi connectivity index (χ4n) is 2.14. The first-order chi connectivity index (χ1) is 8.47. The Kier molecular flexibility index (Phi) is 3.69. The normalized spacial score (nSPS) is 13.8. The Labute approximate surface area is 109 Å². The second-order valence-corrected chi connectivity index (χ2v) is 5.48. The molecule has 0 aliphatic rings. The van der Waals surface area contributed by atoms with E-state index in [9.17, 15) is 5.11 Å². The molecule has 0 aliphatic carbocycles. The zero-order valence-corrected chi connectivity index (χ0v) is 11.3. The number of fused-ring (bicyclic) bond motifs is 1. The zero-order valence-electron chi connectivity index (χ0n) is 11.3. The van der Waals surface area contributed by atoms with Crippen LogP contribution in [0.5, 0.6) is 0 Å². The lowest BCUT2D eigenvalue weighted by atomic mass is 9.99. The number of nitrogens with one attached hydrogen (secondary N) is 1. The number of hydrogen-bond acceptors (Lipinski definition) is 2. The molecular formula is C16H21NO. The molecule has 2 heteroatoms. The summed E-state index contributed by atoms with van der Waals surface area (Å²) in [6.45, 7) is 6.34. The molecule has 2 nitrogen and oxygen atoms in total. The smallest absolute Gasteiger partial charge is 0.0715 e. The molecule has 0 heterocycles. The third-order valence-corrected chi connectivity index (χ3v) is 3.13. The molecule has 1 unspecified atom stereocenters. The zero-order chi connectivity index (χ0) is 13.2. The average molecular weight is 243 g/mol. The lowest BCUT2D eigenvalue weighted by Gasteiger charge is -2.22. The summed E-state index contributed by atoms with van der Waals surface area (Å²) in [7, 11) is 0. The Morgan fingerprint density at radius 1 is 1.11 bits per heavy atom. The van der Waals surface area contributed by atoms with E-state index in [1.165, 1.54) is 16.3 Å². The fraction of sp³-hybridized carbons (Fsp3) is 0.375. The third-order valence-electron chi connectivity index (χ3n) is 3.13. The lowest BCUT2D eigenvalue weighted by molar-refractivity contribution is 0.0771. The Balaban J connectivity index is 2.25. The van der Waals surface area contributed by atoms with Crippen LogP contribution in [0.15, 0.2) is 42.5 Å². The van der Waals surface area contributed by atoms with E-state index >= 15 is 0 Å². The minimum absolute atomic E-state index is 0.225. The Morgan fingerprint density at radius 2 is 1.78 bits per heavy atom. The van der Waals surface area contributed by atoms with Gasteiger partial charge in [0.25, 0.3) is 0 Å². The van der Waals surface area contributed by atoms with E-state index in [0.717, 1.165) is 0 Å². The van der Waals surface area contributed by atoms with Crippen molar-refractivity contribution in [3.8, 4) is 0 Å². The van der Waals surface area contributed by atoms with E-state index in [4.69, 9.17) is 0 Å². The van der Waals surface area contributed by atoms with Crippen molar-refractivity contribution in [3.63, 3.8) is 0 Å². The van der Waals surface area contributed by atoms with Crippen LogP contribution in [-0.4, -0.2) is 17.3 Å². The maximum absolute atomic E-state index is 9.76. The van der Waals surface area contributed by atoms with Gasteiger partial charge in [-0.15, -0.1) is 0 Å². The molecule has 2 rings (SSSR count). The lowest BCUT2D eigenvalue weighted by Crippen LogP contribution is -2.36. The first-order valence-corrected chi connectivity index (χ1v) is 6.41. The maximum atomic E-state index is 9.76. The van der Waals surface area contributed by atoms with E-state index in [0.29, 0.717) is 6.54 Å². The minimum Gasteiger partial charge on any atom is -0.389 e. The SMILES string of the molecule is CC(NCC(C)(C)O)c1cccc2ccccc12. The van der Waals surface area contributed by atoms with Gasteiger partial charge in [-0.05, 0) is 37.1 Å². The second-order valence-electron chi connectivity index (χ2n) is 5.48. The average Bonchev–Trinajstić information content (AvgIpc) is 2.34. The van der Waals surface area contributed by atoms with Gasteiger partial charge in [0.05, 0.1) is 5.60 Å². The number of hydrogen-bond donors (Lipinski definition) is 2. The third kappa shape index (κ3) is 3.09. The van der Waals surface area contributed by atoms with Crippen molar-refractivity contribution in [1.29, 1.82) is 0 Å². The van der Waals surface area contributed by atoms with E-state index in [1.54, 1.807) is 0 Å². The second kappa shape index (κ2) is 5.09. The van der Waals surface area contributed by atoms with Crippen molar-refractivity contribution in [2.24, 2.45) is 0 Å². The first kappa shape index (κ1) is 13.1. The van der Waals surface area contributed by atoms with Crippen molar-refractivity contribution >= 4 is 10.8 Å². The molecule has 2 N–H and O–H groups in total. The molecule has 2 aromatic rings. The van der Waals surface area contributed by atoms with Gasteiger partial charge in [0.15, 0.2) is 0 Å². The molecule has 0 saturated carbocycles. The van der Waals surface area contributed by atoms with Gasteiger partial charge in [-0.2, -0.15) is 0 Å². The highest BCUT2D eigenvalue weighted by atomic mass is 16.3. The Hall–Kier alpha value is -1.38. The predicted octanol–water partition coefficient (Wildman–Crippen LogP) is 3.26. The predicted molar refractivity (Wildman–Crippen MR) is 76.7 cm³/mol. The van der Waals surface area contributed by atoms with Gasteiger partial charge >= 0.3 is 0 Å². The van der Waals surface area contributed by atoms with Gasteiger partial charge in [-0.1, -0.05) is 42.5 Å². The molecule has 18 heavy (non-hydrogen) atoms. The van der Waals surface area contributed by atoms with Gasteiger partial charge in [0.1, 0.15) is 0 Å². The van der Waals surface area contributed by atoms with Crippen LogP contribution >= 0.6 is 0 Å². The summed E-state index contributed by atoms with van der Waals surface area (Å²) in [6.07, 6.45) is 0. The topological polar surface area (TPSA) is 32.3 Å². The van der Waals surface area contributed by atoms with Crippen LogP contribution in [0.25, 0.3) is 10.8 Å². The number of rotatable bonds is 4. The first-order valence-electron chi connectivity index (χ1n) is 6.41. The van der Waals surface area contributed by atoms with E-state index in [-0.39, 0.29) is 6.04 Å². The summed E-state index contributed by atoms with van der Waals surface area (Å²) in [5.41, 5.74) is 0.594. The molecule has 0 aliphatic heterocycles. The van der Waals surface area contributed by atoms with Crippen LogP contribution in [0, 0.1) is 0 Å². The van der Waals surface area contributed by atoms with Crippen LogP contribution in [0.4, 0.5) is 0 Å². The molecule has 0 amide bonds. The minimum atomic E-state index is -0.682. The molecule has 0 saturated heterocycles. The largest absolute Gasteiger partial charge is 0.389 e. The quantitative estimate of drug-likeness (QED) is 0.864.